The first-order valence-corrected chi connectivity index (χ1v) is 12.4. The maximum atomic E-state index is 4.56. The molecule has 0 aliphatic heterocycles. The number of fused-ring (bicyclic) bond motifs is 5. The van der Waals surface area contributed by atoms with E-state index in [0.29, 0.717) is 5.82 Å². The van der Waals surface area contributed by atoms with Gasteiger partial charge in [-0.05, 0) is 61.8 Å². The predicted octanol–water partition coefficient (Wildman–Crippen LogP) is 8.13. The van der Waals surface area contributed by atoms with Crippen molar-refractivity contribution in [3.05, 3.63) is 114 Å². The maximum Gasteiger partial charge on any atom is 0.163 e. The molecule has 36 heavy (non-hydrogen) atoms. The van der Waals surface area contributed by atoms with Gasteiger partial charge in [-0.3, -0.25) is 0 Å². The molecule has 0 fully saturated rings. The molecule has 7 rings (SSSR count). The fourth-order valence-electron chi connectivity index (χ4n) is 6.15. The number of aromatic nitrogens is 3. The van der Waals surface area contributed by atoms with Crippen molar-refractivity contribution in [1.29, 1.82) is 0 Å². The Balaban J connectivity index is 1.69. The smallest absolute Gasteiger partial charge is 0.163 e. The van der Waals surface area contributed by atoms with Gasteiger partial charge >= 0.3 is 0 Å². The van der Waals surface area contributed by atoms with Crippen LogP contribution in [0.2, 0.25) is 0 Å². The average Bonchev–Trinajstić information content (AvgIpc) is 3.15. The van der Waals surface area contributed by atoms with Gasteiger partial charge in [-0.15, -0.1) is 0 Å². The Morgan fingerprint density at radius 1 is 0.556 bits per heavy atom. The van der Waals surface area contributed by atoms with Crippen LogP contribution in [-0.4, -0.2) is 15.0 Å². The lowest BCUT2D eigenvalue weighted by atomic mass is 9.81. The van der Waals surface area contributed by atoms with E-state index in [2.05, 4.69) is 121 Å². The minimum absolute atomic E-state index is 0.0473. The molecule has 1 aromatic heterocycles. The van der Waals surface area contributed by atoms with Crippen LogP contribution >= 0.6 is 0 Å². The maximum absolute atomic E-state index is 4.56. The van der Waals surface area contributed by atoms with E-state index in [9.17, 15) is 0 Å². The van der Waals surface area contributed by atoms with E-state index in [0.717, 1.165) is 16.3 Å². The summed E-state index contributed by atoms with van der Waals surface area (Å²) in [7, 11) is 0. The van der Waals surface area contributed by atoms with Gasteiger partial charge in [0.25, 0.3) is 0 Å². The summed E-state index contributed by atoms with van der Waals surface area (Å²) in [5, 5.41) is 4.74. The summed E-state index contributed by atoms with van der Waals surface area (Å²) in [4.78, 5) is 13.2. The summed E-state index contributed by atoms with van der Waals surface area (Å²) in [6, 6.07) is 31.1. The van der Waals surface area contributed by atoms with E-state index in [-0.39, 0.29) is 5.41 Å². The average molecular weight is 464 g/mol. The Morgan fingerprint density at radius 3 is 2.00 bits per heavy atom. The second-order valence-corrected chi connectivity index (χ2v) is 10.2. The molecule has 172 valence electrons. The molecule has 1 aliphatic rings. The number of nitrogens with zero attached hydrogens (tertiary/aromatic N) is 3. The first-order chi connectivity index (χ1) is 17.6. The van der Waals surface area contributed by atoms with E-state index in [1.807, 2.05) is 0 Å². The van der Waals surface area contributed by atoms with E-state index in [1.54, 1.807) is 12.7 Å². The summed E-state index contributed by atoms with van der Waals surface area (Å²) >= 11 is 0. The molecule has 3 heteroatoms. The summed E-state index contributed by atoms with van der Waals surface area (Å²) in [6.07, 6.45) is 3.16. The van der Waals surface area contributed by atoms with Crippen molar-refractivity contribution in [2.75, 3.05) is 0 Å². The molecular weight excluding hydrogens is 438 g/mol. The van der Waals surface area contributed by atoms with Gasteiger partial charge in [-0.1, -0.05) is 104 Å². The summed E-state index contributed by atoms with van der Waals surface area (Å²) in [6.45, 7) is 6.84. The first kappa shape index (κ1) is 21.0. The van der Waals surface area contributed by atoms with Gasteiger partial charge in [0.15, 0.2) is 5.82 Å². The van der Waals surface area contributed by atoms with Crippen molar-refractivity contribution in [3.63, 3.8) is 0 Å². The van der Waals surface area contributed by atoms with E-state index in [1.165, 1.54) is 49.7 Å². The second-order valence-electron chi connectivity index (χ2n) is 10.2. The number of hydrogen-bond acceptors (Lipinski definition) is 3. The van der Waals surface area contributed by atoms with Crippen LogP contribution in [0, 0.1) is 6.92 Å². The quantitative estimate of drug-likeness (QED) is 0.243. The molecule has 6 aromatic rings. The fourth-order valence-corrected chi connectivity index (χ4v) is 6.15. The highest BCUT2D eigenvalue weighted by Gasteiger charge is 2.37. The molecule has 0 bridgehead atoms. The molecule has 1 heterocycles. The minimum atomic E-state index is -0.0473. The zero-order chi connectivity index (χ0) is 24.4. The van der Waals surface area contributed by atoms with Crippen LogP contribution in [0.25, 0.3) is 55.2 Å². The number of aryl methyl sites for hydroxylation is 1. The van der Waals surface area contributed by atoms with Crippen LogP contribution in [0.3, 0.4) is 0 Å². The topological polar surface area (TPSA) is 38.7 Å². The SMILES string of the molecule is Cc1ccc2c(-c3ncncn3)c3ccccc3c(-c3cccc4c3-c3ccccc3C4(C)C)c2c1. The first-order valence-electron chi connectivity index (χ1n) is 12.4. The van der Waals surface area contributed by atoms with Crippen molar-refractivity contribution < 1.29 is 0 Å². The molecule has 0 amide bonds. The van der Waals surface area contributed by atoms with Crippen LogP contribution < -0.4 is 0 Å². The Kier molecular flexibility index (Phi) is 4.40. The molecule has 0 unspecified atom stereocenters. The molecule has 3 nitrogen and oxygen atoms in total. The van der Waals surface area contributed by atoms with E-state index >= 15 is 0 Å². The van der Waals surface area contributed by atoms with Gasteiger partial charge in [-0.25, -0.2) is 15.0 Å². The van der Waals surface area contributed by atoms with E-state index in [4.69, 9.17) is 0 Å². The number of hydrogen-bond donors (Lipinski definition) is 0. The molecular formula is C33H25N3. The predicted molar refractivity (Wildman–Crippen MR) is 148 cm³/mol. The third-order valence-corrected chi connectivity index (χ3v) is 7.77. The van der Waals surface area contributed by atoms with E-state index < -0.39 is 0 Å². The molecule has 0 N–H and O–H groups in total. The summed E-state index contributed by atoms with van der Waals surface area (Å²) in [5.41, 5.74) is 10.2. The zero-order valence-electron chi connectivity index (χ0n) is 20.6. The third kappa shape index (κ3) is 2.83. The van der Waals surface area contributed by atoms with Crippen molar-refractivity contribution in [2.24, 2.45) is 0 Å². The second kappa shape index (κ2) is 7.56. The highest BCUT2D eigenvalue weighted by Crippen LogP contribution is 2.54. The van der Waals surface area contributed by atoms with Crippen molar-refractivity contribution in [3.8, 4) is 33.6 Å². The largest absolute Gasteiger partial charge is 0.225 e. The van der Waals surface area contributed by atoms with Gasteiger partial charge in [0, 0.05) is 11.0 Å². The minimum Gasteiger partial charge on any atom is -0.225 e. The van der Waals surface area contributed by atoms with Crippen LogP contribution in [-0.2, 0) is 5.41 Å². The normalized spacial score (nSPS) is 13.6. The summed E-state index contributed by atoms with van der Waals surface area (Å²) < 4.78 is 0. The fraction of sp³-hybridized carbons (Fsp3) is 0.121. The van der Waals surface area contributed by atoms with Crippen molar-refractivity contribution >= 4 is 21.5 Å². The molecule has 1 aliphatic carbocycles. The highest BCUT2D eigenvalue weighted by molar-refractivity contribution is 6.22. The Hall–Kier alpha value is -4.37. The van der Waals surface area contributed by atoms with Crippen LogP contribution in [0.5, 0.6) is 0 Å². The molecule has 0 spiro atoms. The van der Waals surface area contributed by atoms with Crippen LogP contribution in [0.15, 0.2) is 97.6 Å². The molecule has 0 saturated heterocycles. The van der Waals surface area contributed by atoms with Gasteiger partial charge in [0.2, 0.25) is 0 Å². The molecule has 5 aromatic carbocycles. The number of benzene rings is 5. The van der Waals surface area contributed by atoms with Gasteiger partial charge in [0.05, 0.1) is 0 Å². The summed E-state index contributed by atoms with van der Waals surface area (Å²) in [5.74, 6) is 0.700. The van der Waals surface area contributed by atoms with Gasteiger partial charge in [0.1, 0.15) is 12.7 Å². The number of rotatable bonds is 2. The Labute approximate surface area is 210 Å². The Morgan fingerprint density at radius 2 is 1.19 bits per heavy atom. The highest BCUT2D eigenvalue weighted by atomic mass is 15.0. The van der Waals surface area contributed by atoms with Gasteiger partial charge < -0.3 is 0 Å². The monoisotopic (exact) mass is 463 g/mol. The lowest BCUT2D eigenvalue weighted by molar-refractivity contribution is 0.660. The molecule has 0 atom stereocenters. The third-order valence-electron chi connectivity index (χ3n) is 7.77. The Bertz CT molecular complexity index is 1820. The van der Waals surface area contributed by atoms with Crippen molar-refractivity contribution in [2.45, 2.75) is 26.2 Å². The standard InChI is InChI=1S/C33H25N3/c1-20-15-16-23-26(17-20)29(21-9-4-5-10-22(21)31(23)32-35-18-34-19-36-32)25-12-8-14-28-30(25)24-11-6-7-13-27(24)33(28,2)3/h4-19H,1-3H3. The lowest BCUT2D eigenvalue weighted by Crippen LogP contribution is -2.14. The molecule has 0 saturated carbocycles. The lowest BCUT2D eigenvalue weighted by Gasteiger charge is -2.22. The van der Waals surface area contributed by atoms with Crippen molar-refractivity contribution in [1.82, 2.24) is 15.0 Å². The van der Waals surface area contributed by atoms with Gasteiger partial charge in [-0.2, -0.15) is 0 Å². The molecule has 0 radical (unpaired) electrons. The zero-order valence-corrected chi connectivity index (χ0v) is 20.6. The van der Waals surface area contributed by atoms with Crippen LogP contribution in [0.1, 0.15) is 30.5 Å². The van der Waals surface area contributed by atoms with Crippen LogP contribution in [0.4, 0.5) is 0 Å².